The summed E-state index contributed by atoms with van der Waals surface area (Å²) in [5.41, 5.74) is 5.21. The normalized spacial score (nSPS) is 15.9. The molecule has 1 saturated heterocycles. The fraction of sp³-hybridized carbons (Fsp3) is 0.538. The Bertz CT molecular complexity index is 1450. The van der Waals surface area contributed by atoms with E-state index >= 15 is 0 Å². The first-order valence-corrected chi connectivity index (χ1v) is 19.0. The maximum Gasteiger partial charge on any atom is 0.419 e. The second-order valence-electron chi connectivity index (χ2n) is 13.0. The number of nitrogens with two attached hydrogens (primary N) is 1. The van der Waals surface area contributed by atoms with Crippen LogP contribution in [0.3, 0.4) is 0 Å². The minimum atomic E-state index is -4.68. The van der Waals surface area contributed by atoms with E-state index in [0.717, 1.165) is 49.8 Å². The number of anilines is 1. The number of alkyl halides is 3. The van der Waals surface area contributed by atoms with E-state index in [4.69, 9.17) is 25.0 Å². The van der Waals surface area contributed by atoms with Crippen molar-refractivity contribution in [3.63, 3.8) is 0 Å². The SMILES string of the molecule is C=C(O)N1Cc2cccc(F)c2C1.C=O.C=O.CC.CC(C)CC(=O)N1CCCC1C(=O)NC1CC1.CC1CC1.CNP=O.Nc1ccc(F)c(C(F)(F)F)c1. The Balaban J connectivity index is 0. The van der Waals surface area contributed by atoms with E-state index in [1.54, 1.807) is 22.9 Å². The third-order valence-corrected chi connectivity index (χ3v) is 8.11. The lowest BCUT2D eigenvalue weighted by Crippen LogP contribution is -2.46. The topological polar surface area (TPSA) is 162 Å². The zero-order valence-electron chi connectivity index (χ0n) is 33.3. The number of fused-ring (bicyclic) bond motifs is 1. The molecule has 4 aliphatic rings. The van der Waals surface area contributed by atoms with E-state index in [1.165, 1.54) is 18.9 Å². The minimum absolute atomic E-state index is 0.00154. The molecule has 5 N–H and O–H groups in total. The molecule has 0 aromatic heterocycles. The zero-order chi connectivity index (χ0) is 43.6. The molecule has 6 rings (SSSR count). The van der Waals surface area contributed by atoms with Gasteiger partial charge in [0.25, 0.3) is 0 Å². The van der Waals surface area contributed by atoms with Crippen LogP contribution in [0.4, 0.5) is 27.6 Å². The van der Waals surface area contributed by atoms with Gasteiger partial charge in [0, 0.05) is 43.3 Å². The van der Waals surface area contributed by atoms with E-state index in [9.17, 15) is 31.5 Å². The lowest BCUT2D eigenvalue weighted by molar-refractivity contribution is -0.140. The molecule has 2 amide bonds. The second-order valence-corrected chi connectivity index (χ2v) is 13.6. The van der Waals surface area contributed by atoms with Crippen LogP contribution in [0.1, 0.15) is 96.3 Å². The third-order valence-electron chi connectivity index (χ3n) is 7.93. The van der Waals surface area contributed by atoms with Crippen LogP contribution in [0.2, 0.25) is 0 Å². The summed E-state index contributed by atoms with van der Waals surface area (Å²) >= 11 is 0. The molecule has 2 aromatic rings. The van der Waals surface area contributed by atoms with Gasteiger partial charge in [-0.25, -0.2) is 13.9 Å². The number of rotatable bonds is 6. The number of carbonyl (C=O) groups excluding carboxylic acids is 4. The van der Waals surface area contributed by atoms with Gasteiger partial charge in [-0.3, -0.25) is 14.2 Å². The summed E-state index contributed by atoms with van der Waals surface area (Å²) < 4.78 is 70.6. The molecule has 2 aromatic carbocycles. The average molecular weight is 820 g/mol. The Morgan fingerprint density at radius 1 is 0.982 bits per heavy atom. The zero-order valence-corrected chi connectivity index (χ0v) is 34.2. The Labute approximate surface area is 329 Å². The van der Waals surface area contributed by atoms with E-state index in [1.807, 2.05) is 47.3 Å². The molecule has 1 atom stereocenters. The van der Waals surface area contributed by atoms with Gasteiger partial charge in [0.05, 0.1) is 5.56 Å². The van der Waals surface area contributed by atoms with Gasteiger partial charge in [-0.1, -0.05) is 59.6 Å². The van der Waals surface area contributed by atoms with Crippen molar-refractivity contribution in [3.8, 4) is 0 Å². The molecule has 17 heteroatoms. The van der Waals surface area contributed by atoms with Gasteiger partial charge in [0.15, 0.2) is 5.88 Å². The van der Waals surface area contributed by atoms with Crippen molar-refractivity contribution in [1.29, 1.82) is 0 Å². The number of aliphatic hydroxyl groups excluding tert-OH is 1. The first-order chi connectivity index (χ1) is 26.5. The van der Waals surface area contributed by atoms with E-state index in [-0.39, 0.29) is 43.9 Å². The predicted molar refractivity (Wildman–Crippen MR) is 209 cm³/mol. The molecule has 316 valence electrons. The molecule has 0 bridgehead atoms. The van der Waals surface area contributed by atoms with Crippen LogP contribution in [-0.4, -0.2) is 66.0 Å². The van der Waals surface area contributed by atoms with Crippen molar-refractivity contribution >= 4 is 39.7 Å². The second kappa shape index (κ2) is 28.9. The summed E-state index contributed by atoms with van der Waals surface area (Å²) in [5.74, 6) is 0.111. The monoisotopic (exact) mass is 819 g/mol. The summed E-state index contributed by atoms with van der Waals surface area (Å²) in [6.45, 7) is 19.5. The van der Waals surface area contributed by atoms with Crippen LogP contribution < -0.4 is 16.1 Å². The maximum absolute atomic E-state index is 13.2. The summed E-state index contributed by atoms with van der Waals surface area (Å²) in [7, 11) is 1.60. The number of halogens is 5. The predicted octanol–water partition coefficient (Wildman–Crippen LogP) is 8.38. The van der Waals surface area contributed by atoms with Crippen LogP contribution in [0.15, 0.2) is 48.9 Å². The van der Waals surface area contributed by atoms with Crippen LogP contribution >= 0.6 is 8.61 Å². The van der Waals surface area contributed by atoms with Crippen molar-refractivity contribution in [2.24, 2.45) is 11.8 Å². The van der Waals surface area contributed by atoms with Gasteiger partial charge >= 0.3 is 6.18 Å². The number of likely N-dealkylation sites (tertiary alicyclic amines) is 1. The largest absolute Gasteiger partial charge is 0.495 e. The first-order valence-electron chi connectivity index (χ1n) is 18.2. The van der Waals surface area contributed by atoms with Crippen molar-refractivity contribution in [2.45, 2.75) is 111 Å². The molecule has 0 spiro atoms. The van der Waals surface area contributed by atoms with E-state index in [2.05, 4.69) is 23.9 Å². The number of amides is 2. The molecule has 11 nitrogen and oxygen atoms in total. The molecule has 2 saturated carbocycles. The average Bonchev–Trinajstić information content (AvgIpc) is 4.05. The van der Waals surface area contributed by atoms with Crippen molar-refractivity contribution < 1.29 is 50.8 Å². The molecule has 1 unspecified atom stereocenters. The minimum Gasteiger partial charge on any atom is -0.495 e. The number of hydrogen-bond acceptors (Lipinski definition) is 8. The molecule has 3 fully saturated rings. The Morgan fingerprint density at radius 3 is 1.95 bits per heavy atom. The van der Waals surface area contributed by atoms with E-state index < -0.39 is 17.6 Å². The summed E-state index contributed by atoms with van der Waals surface area (Å²) in [4.78, 5) is 43.4. The Morgan fingerprint density at radius 2 is 1.54 bits per heavy atom. The van der Waals surface area contributed by atoms with Gasteiger partial charge in [0.2, 0.25) is 20.4 Å². The number of carbonyl (C=O) groups is 4. The highest BCUT2D eigenvalue weighted by atomic mass is 31.1. The quantitative estimate of drug-likeness (QED) is 0.0971. The molecule has 56 heavy (non-hydrogen) atoms. The van der Waals surface area contributed by atoms with Gasteiger partial charge in [0.1, 0.15) is 31.3 Å². The molecule has 0 radical (unpaired) electrons. The van der Waals surface area contributed by atoms with Crippen molar-refractivity contribution in [1.82, 2.24) is 20.2 Å². The summed E-state index contributed by atoms with van der Waals surface area (Å²) in [6, 6.07) is 7.48. The highest BCUT2D eigenvalue weighted by molar-refractivity contribution is 7.20. The fourth-order valence-corrected chi connectivity index (χ4v) is 4.82. The number of hydrogen-bond donors (Lipinski definition) is 4. The maximum atomic E-state index is 13.2. The first kappa shape index (κ1) is 53.7. The highest BCUT2D eigenvalue weighted by Gasteiger charge is 2.36. The standard InChI is InChI=1S/C13H22N2O2.C10H10FNO.C7H5F4N.C4H8.C2H6.CH4NOP.2CH2O/c1-9(2)8-12(16)15-7-3-4-11(15)13(17)14-10-5-6-10;1-7(13)12-5-8-3-2-4-10(11)9(8)6-12;8-6-2-1-4(12)3-5(6)7(9,10)11;1-4-2-3-4;1-2;1-2-4-3;2*1-2/h9-11H,3-8H2,1-2H3,(H,14,17);2-4,13H,1,5-6H2;1-3H,12H2;4H,2-3H2,1H3;1-2H3;1H3,(H,2,3);2*1H2. The van der Waals surface area contributed by atoms with Gasteiger partial charge < -0.3 is 35.5 Å². The smallest absolute Gasteiger partial charge is 0.419 e. The number of nitrogens with zero attached hydrogens (tertiary/aromatic N) is 2. The molecular weight excluding hydrogens is 760 g/mol. The van der Waals surface area contributed by atoms with Gasteiger partial charge in [-0.2, -0.15) is 13.2 Å². The van der Waals surface area contributed by atoms with Crippen molar-refractivity contribution in [3.05, 3.63) is 77.2 Å². The van der Waals surface area contributed by atoms with E-state index in [0.29, 0.717) is 49.2 Å². The number of benzene rings is 2. The molecule has 2 aliphatic carbocycles. The van der Waals surface area contributed by atoms with Crippen molar-refractivity contribution in [2.75, 3.05) is 19.3 Å². The summed E-state index contributed by atoms with van der Waals surface area (Å²) in [6.07, 6.45) is 2.80. The lowest BCUT2D eigenvalue weighted by atomic mass is 10.1. The number of aliphatic hydroxyl groups is 1. The number of nitrogen functional groups attached to an aromatic ring is 1. The highest BCUT2D eigenvalue weighted by Crippen LogP contribution is 2.32. The Kier molecular flexibility index (Phi) is 27.7. The molecule has 2 heterocycles. The third kappa shape index (κ3) is 21.6. The van der Waals surface area contributed by atoms with Crippen LogP contribution in [0.5, 0.6) is 0 Å². The van der Waals surface area contributed by atoms with Crippen LogP contribution in [-0.2, 0) is 43.0 Å². The van der Waals surface area contributed by atoms with Gasteiger partial charge in [-0.05, 0) is 81.0 Å². The van der Waals surface area contributed by atoms with Gasteiger partial charge in [-0.15, -0.1) is 0 Å². The lowest BCUT2D eigenvalue weighted by Gasteiger charge is -2.24. The number of nitrogens with one attached hydrogen (secondary N) is 2. The summed E-state index contributed by atoms with van der Waals surface area (Å²) in [5, 5.41) is 14.5. The molecule has 2 aliphatic heterocycles. The van der Waals surface area contributed by atoms with Crippen LogP contribution in [0.25, 0.3) is 0 Å². The van der Waals surface area contributed by atoms with Crippen LogP contribution in [0, 0.1) is 23.5 Å². The Hall–Kier alpha value is -4.43. The molecular formula is C39H59F5N5O6P. The fourth-order valence-electron chi connectivity index (χ4n) is 4.82.